The monoisotopic (exact) mass is 400 g/mol. The summed E-state index contributed by atoms with van der Waals surface area (Å²) in [6.45, 7) is 2.37. The third-order valence-electron chi connectivity index (χ3n) is 3.95. The third-order valence-corrected chi connectivity index (χ3v) is 4.23. The number of carbonyl (C=O) groups excluding carboxylic acids is 2. The van der Waals surface area contributed by atoms with Gasteiger partial charge in [0.25, 0.3) is 5.91 Å². The van der Waals surface area contributed by atoms with Crippen molar-refractivity contribution in [2.75, 3.05) is 18.5 Å². The third kappa shape index (κ3) is 4.53. The Morgan fingerprint density at radius 1 is 1.25 bits per heavy atom. The van der Waals surface area contributed by atoms with Gasteiger partial charge in [0.2, 0.25) is 0 Å². The molecule has 0 fully saturated rings. The van der Waals surface area contributed by atoms with E-state index in [1.165, 1.54) is 25.1 Å². The van der Waals surface area contributed by atoms with Crippen LogP contribution < -0.4 is 14.8 Å². The molecule has 0 radical (unpaired) electrons. The standard InChI is InChI=1S/C20H17ClN2O5/c1-12(19(24)23-15-5-2-4-13(8-15)11-22)28-20(25)14-9-16(21)18-17(10-14)26-6-3-7-27-18/h2,4-5,8-10,12H,3,6-7H2,1H3,(H,23,24)/t12-/m0/s1. The number of ether oxygens (including phenoxy) is 3. The summed E-state index contributed by atoms with van der Waals surface area (Å²) in [5, 5.41) is 11.8. The van der Waals surface area contributed by atoms with Crippen molar-refractivity contribution in [2.45, 2.75) is 19.4 Å². The van der Waals surface area contributed by atoms with Gasteiger partial charge in [-0.3, -0.25) is 4.79 Å². The van der Waals surface area contributed by atoms with E-state index in [9.17, 15) is 9.59 Å². The molecular formula is C20H17ClN2O5. The molecule has 0 aliphatic carbocycles. The lowest BCUT2D eigenvalue weighted by molar-refractivity contribution is -0.123. The van der Waals surface area contributed by atoms with Crippen molar-refractivity contribution in [1.29, 1.82) is 5.26 Å². The minimum atomic E-state index is -1.06. The lowest BCUT2D eigenvalue weighted by Gasteiger charge is -2.15. The van der Waals surface area contributed by atoms with Crippen LogP contribution in [0.2, 0.25) is 5.02 Å². The minimum Gasteiger partial charge on any atom is -0.489 e. The SMILES string of the molecule is C[C@H](OC(=O)c1cc(Cl)c2c(c1)OCCCO2)C(=O)Nc1cccc(C#N)c1. The highest BCUT2D eigenvalue weighted by atomic mass is 35.5. The number of fused-ring (bicyclic) bond motifs is 1. The molecule has 1 amide bonds. The molecule has 1 heterocycles. The van der Waals surface area contributed by atoms with Gasteiger partial charge in [-0.25, -0.2) is 4.79 Å². The lowest BCUT2D eigenvalue weighted by atomic mass is 10.2. The summed E-state index contributed by atoms with van der Waals surface area (Å²) in [6.07, 6.45) is -0.359. The second kappa shape index (κ2) is 8.63. The normalized spacial score (nSPS) is 13.6. The zero-order valence-corrected chi connectivity index (χ0v) is 15.8. The van der Waals surface area contributed by atoms with Crippen LogP contribution in [0.1, 0.15) is 29.3 Å². The molecule has 28 heavy (non-hydrogen) atoms. The number of esters is 1. The number of nitrogens with zero attached hydrogens (tertiary/aromatic N) is 1. The average Bonchev–Trinajstić information content (AvgIpc) is 2.93. The highest BCUT2D eigenvalue weighted by Crippen LogP contribution is 2.38. The van der Waals surface area contributed by atoms with Gasteiger partial charge >= 0.3 is 5.97 Å². The Kier molecular flexibility index (Phi) is 6.02. The second-order valence-corrected chi connectivity index (χ2v) is 6.47. The maximum Gasteiger partial charge on any atom is 0.339 e. The van der Waals surface area contributed by atoms with Crippen molar-refractivity contribution in [3.63, 3.8) is 0 Å². The number of rotatable bonds is 4. The predicted molar refractivity (Wildman–Crippen MR) is 102 cm³/mol. The van der Waals surface area contributed by atoms with Crippen LogP contribution in [0.4, 0.5) is 5.69 Å². The van der Waals surface area contributed by atoms with E-state index in [0.29, 0.717) is 42.4 Å². The van der Waals surface area contributed by atoms with Crippen molar-refractivity contribution in [3.8, 4) is 17.6 Å². The molecule has 8 heteroatoms. The summed E-state index contributed by atoms with van der Waals surface area (Å²) in [4.78, 5) is 24.7. The van der Waals surface area contributed by atoms with Gasteiger partial charge in [0.1, 0.15) is 0 Å². The molecule has 7 nitrogen and oxygen atoms in total. The zero-order valence-electron chi connectivity index (χ0n) is 15.0. The van der Waals surface area contributed by atoms with E-state index in [-0.39, 0.29) is 10.6 Å². The summed E-state index contributed by atoms with van der Waals surface area (Å²) < 4.78 is 16.3. The van der Waals surface area contributed by atoms with E-state index in [1.54, 1.807) is 18.2 Å². The van der Waals surface area contributed by atoms with Gasteiger partial charge in [-0.05, 0) is 37.3 Å². The molecule has 0 unspecified atom stereocenters. The van der Waals surface area contributed by atoms with Crippen LogP contribution in [0.15, 0.2) is 36.4 Å². The van der Waals surface area contributed by atoms with E-state index in [4.69, 9.17) is 31.1 Å². The Balaban J connectivity index is 1.68. The smallest absolute Gasteiger partial charge is 0.339 e. The molecule has 2 aromatic carbocycles. The van der Waals surface area contributed by atoms with Crippen LogP contribution in [-0.2, 0) is 9.53 Å². The Hall–Kier alpha value is -3.24. The van der Waals surface area contributed by atoms with Crippen molar-refractivity contribution in [2.24, 2.45) is 0 Å². The highest BCUT2D eigenvalue weighted by molar-refractivity contribution is 6.32. The fourth-order valence-electron chi connectivity index (χ4n) is 2.54. The van der Waals surface area contributed by atoms with Crippen molar-refractivity contribution >= 4 is 29.2 Å². The number of amides is 1. The van der Waals surface area contributed by atoms with Crippen LogP contribution in [0.3, 0.4) is 0 Å². The first-order valence-corrected chi connectivity index (χ1v) is 8.97. The first-order chi connectivity index (χ1) is 13.5. The van der Waals surface area contributed by atoms with Crippen LogP contribution in [0, 0.1) is 11.3 Å². The number of halogens is 1. The highest BCUT2D eigenvalue weighted by Gasteiger charge is 2.23. The first kappa shape index (κ1) is 19.5. The number of carbonyl (C=O) groups is 2. The number of anilines is 1. The van der Waals surface area contributed by atoms with Gasteiger partial charge in [-0.15, -0.1) is 0 Å². The Bertz CT molecular complexity index is 954. The molecule has 3 rings (SSSR count). The van der Waals surface area contributed by atoms with E-state index in [1.807, 2.05) is 6.07 Å². The van der Waals surface area contributed by atoms with Crippen LogP contribution in [-0.4, -0.2) is 31.2 Å². The number of nitrogens with one attached hydrogen (secondary N) is 1. The number of benzene rings is 2. The number of hydrogen-bond acceptors (Lipinski definition) is 6. The van der Waals surface area contributed by atoms with Crippen molar-refractivity contribution in [1.82, 2.24) is 0 Å². The predicted octanol–water partition coefficient (Wildman–Crippen LogP) is 3.56. The minimum absolute atomic E-state index is 0.153. The summed E-state index contributed by atoms with van der Waals surface area (Å²) in [7, 11) is 0. The van der Waals surface area contributed by atoms with Crippen LogP contribution in [0.25, 0.3) is 0 Å². The molecule has 0 spiro atoms. The Labute approximate surface area is 166 Å². The molecule has 0 saturated carbocycles. The maximum absolute atomic E-state index is 12.4. The molecule has 144 valence electrons. The molecule has 0 aromatic heterocycles. The molecule has 1 aliphatic heterocycles. The summed E-state index contributed by atoms with van der Waals surface area (Å²) in [5.74, 6) is -0.490. The lowest BCUT2D eigenvalue weighted by Crippen LogP contribution is -2.30. The van der Waals surface area contributed by atoms with Gasteiger partial charge in [-0.2, -0.15) is 5.26 Å². The largest absolute Gasteiger partial charge is 0.489 e. The van der Waals surface area contributed by atoms with Crippen molar-refractivity contribution in [3.05, 3.63) is 52.5 Å². The molecular weight excluding hydrogens is 384 g/mol. The summed E-state index contributed by atoms with van der Waals surface area (Å²) in [5.41, 5.74) is 0.996. The van der Waals surface area contributed by atoms with E-state index in [0.717, 1.165) is 0 Å². The van der Waals surface area contributed by atoms with Crippen LogP contribution >= 0.6 is 11.6 Å². The summed E-state index contributed by atoms with van der Waals surface area (Å²) in [6, 6.07) is 11.3. The number of nitriles is 1. The van der Waals surface area contributed by atoms with E-state index >= 15 is 0 Å². The summed E-state index contributed by atoms with van der Waals surface area (Å²) >= 11 is 6.18. The van der Waals surface area contributed by atoms with Crippen molar-refractivity contribution < 1.29 is 23.8 Å². The van der Waals surface area contributed by atoms with Gasteiger partial charge < -0.3 is 19.5 Å². The van der Waals surface area contributed by atoms with Gasteiger partial charge in [0, 0.05) is 12.1 Å². The number of hydrogen-bond donors (Lipinski definition) is 1. The van der Waals surface area contributed by atoms with E-state index < -0.39 is 18.0 Å². The van der Waals surface area contributed by atoms with E-state index in [2.05, 4.69) is 5.32 Å². The Morgan fingerprint density at radius 3 is 2.82 bits per heavy atom. The Morgan fingerprint density at radius 2 is 2.04 bits per heavy atom. The van der Waals surface area contributed by atoms with Crippen LogP contribution in [0.5, 0.6) is 11.5 Å². The molecule has 1 N–H and O–H groups in total. The zero-order chi connectivity index (χ0) is 20.1. The fraction of sp³-hybridized carbons (Fsp3) is 0.250. The quantitative estimate of drug-likeness (QED) is 0.788. The second-order valence-electron chi connectivity index (χ2n) is 6.07. The molecule has 1 atom stereocenters. The van der Waals surface area contributed by atoms with Gasteiger partial charge in [0.05, 0.1) is 35.4 Å². The fourth-order valence-corrected chi connectivity index (χ4v) is 2.81. The first-order valence-electron chi connectivity index (χ1n) is 8.59. The van der Waals surface area contributed by atoms with Gasteiger partial charge in [0.15, 0.2) is 17.6 Å². The topological polar surface area (TPSA) is 97.7 Å². The molecule has 2 aromatic rings. The van der Waals surface area contributed by atoms with Gasteiger partial charge in [-0.1, -0.05) is 17.7 Å². The molecule has 0 bridgehead atoms. The maximum atomic E-state index is 12.4. The molecule has 0 saturated heterocycles. The molecule has 1 aliphatic rings. The average molecular weight is 401 g/mol.